The van der Waals surface area contributed by atoms with Gasteiger partial charge in [-0.3, -0.25) is 9.59 Å². The molecular weight excluding hydrogens is 250 g/mol. The number of rotatable bonds is 8. The van der Waals surface area contributed by atoms with E-state index in [1.807, 2.05) is 4.72 Å². The molecule has 8 heteroatoms. The number of carbonyl (C=O) groups is 2. The van der Waals surface area contributed by atoms with Crippen molar-refractivity contribution in [1.29, 1.82) is 0 Å². The molecule has 17 heavy (non-hydrogen) atoms. The number of aliphatic carboxylic acids is 1. The molecule has 0 fully saturated rings. The van der Waals surface area contributed by atoms with Gasteiger partial charge < -0.3 is 9.84 Å². The number of carbonyl (C=O) groups excluding carboxylic acids is 1. The summed E-state index contributed by atoms with van der Waals surface area (Å²) in [5, 5.41) is 8.68. The van der Waals surface area contributed by atoms with Crippen molar-refractivity contribution in [3.05, 3.63) is 0 Å². The zero-order chi connectivity index (χ0) is 13.5. The minimum atomic E-state index is -3.78. The highest BCUT2D eigenvalue weighted by atomic mass is 32.2. The fourth-order valence-electron chi connectivity index (χ4n) is 1.03. The van der Waals surface area contributed by atoms with E-state index in [2.05, 4.69) is 4.74 Å². The second kappa shape index (κ2) is 7.23. The van der Waals surface area contributed by atoms with Crippen LogP contribution in [0.5, 0.6) is 0 Å². The average Bonchev–Trinajstić information content (AvgIpc) is 2.23. The van der Waals surface area contributed by atoms with Crippen molar-refractivity contribution in [2.24, 2.45) is 0 Å². The third kappa shape index (κ3) is 6.90. The lowest BCUT2D eigenvalue weighted by atomic mass is 10.2. The molecule has 0 aromatic carbocycles. The number of nitrogens with one attached hydrogen (secondary N) is 1. The van der Waals surface area contributed by atoms with Crippen molar-refractivity contribution in [3.8, 4) is 0 Å². The summed E-state index contributed by atoms with van der Waals surface area (Å²) in [7, 11) is -3.78. The maximum Gasteiger partial charge on any atom is 0.321 e. The number of ether oxygens (including phenoxy) is 1. The molecule has 0 rings (SSSR count). The Balaban J connectivity index is 4.29. The lowest BCUT2D eigenvalue weighted by Gasteiger charge is -2.12. The Hall–Kier alpha value is -1.15. The van der Waals surface area contributed by atoms with Gasteiger partial charge in [0.1, 0.15) is 6.04 Å². The second-order valence-electron chi connectivity index (χ2n) is 3.29. The van der Waals surface area contributed by atoms with Gasteiger partial charge in [-0.15, -0.1) is 0 Å². The molecule has 2 N–H and O–H groups in total. The van der Waals surface area contributed by atoms with Crippen LogP contribution in [-0.2, 0) is 24.3 Å². The summed E-state index contributed by atoms with van der Waals surface area (Å²) < 4.78 is 29.4. The van der Waals surface area contributed by atoms with Crippen LogP contribution in [0.2, 0.25) is 0 Å². The van der Waals surface area contributed by atoms with Crippen LogP contribution in [0.1, 0.15) is 26.7 Å². The summed E-state index contributed by atoms with van der Waals surface area (Å²) in [6, 6.07) is -1.16. The van der Waals surface area contributed by atoms with Gasteiger partial charge in [0.15, 0.2) is 0 Å². The zero-order valence-electron chi connectivity index (χ0n) is 9.80. The number of sulfonamides is 1. The first-order valence-electron chi connectivity index (χ1n) is 5.20. The lowest BCUT2D eigenvalue weighted by Crippen LogP contribution is -2.41. The predicted octanol–water partition coefficient (Wildman–Crippen LogP) is -0.278. The van der Waals surface area contributed by atoms with Gasteiger partial charge >= 0.3 is 11.9 Å². The first-order valence-corrected chi connectivity index (χ1v) is 6.86. The molecule has 100 valence electrons. The van der Waals surface area contributed by atoms with Gasteiger partial charge in [0.05, 0.1) is 18.8 Å². The first-order chi connectivity index (χ1) is 7.82. The van der Waals surface area contributed by atoms with Crippen LogP contribution in [0, 0.1) is 0 Å². The van der Waals surface area contributed by atoms with E-state index >= 15 is 0 Å². The van der Waals surface area contributed by atoms with Crippen LogP contribution in [0.3, 0.4) is 0 Å². The summed E-state index contributed by atoms with van der Waals surface area (Å²) in [6.45, 7) is 3.34. The Morgan fingerprint density at radius 1 is 1.35 bits per heavy atom. The van der Waals surface area contributed by atoms with E-state index in [1.165, 1.54) is 0 Å². The van der Waals surface area contributed by atoms with Crippen molar-refractivity contribution in [2.75, 3.05) is 12.4 Å². The van der Waals surface area contributed by atoms with Crippen molar-refractivity contribution in [1.82, 2.24) is 4.72 Å². The number of hydrogen-bond donors (Lipinski definition) is 2. The third-order valence-corrected chi connectivity index (χ3v) is 3.29. The topological polar surface area (TPSA) is 110 Å². The first kappa shape index (κ1) is 15.9. The highest BCUT2D eigenvalue weighted by Crippen LogP contribution is 1.98. The number of carboxylic acids is 1. The average molecular weight is 267 g/mol. The van der Waals surface area contributed by atoms with Gasteiger partial charge in [0.25, 0.3) is 0 Å². The van der Waals surface area contributed by atoms with E-state index in [-0.39, 0.29) is 19.4 Å². The minimum absolute atomic E-state index is 0.133. The molecule has 1 unspecified atom stereocenters. The van der Waals surface area contributed by atoms with Crippen LogP contribution in [0.25, 0.3) is 0 Å². The molecule has 0 bridgehead atoms. The van der Waals surface area contributed by atoms with Crippen molar-refractivity contribution >= 4 is 22.0 Å². The van der Waals surface area contributed by atoms with Gasteiger partial charge in [0, 0.05) is 0 Å². The van der Waals surface area contributed by atoms with E-state index in [1.54, 1.807) is 13.8 Å². The number of esters is 1. The highest BCUT2D eigenvalue weighted by molar-refractivity contribution is 7.89. The van der Waals surface area contributed by atoms with Crippen LogP contribution in [-0.4, -0.2) is 43.9 Å². The minimum Gasteiger partial charge on any atom is -0.480 e. The van der Waals surface area contributed by atoms with E-state index < -0.39 is 33.8 Å². The molecule has 0 aliphatic carbocycles. The SMILES string of the molecule is CCOC(=O)CCS(=O)(=O)NC(CC)C(=O)O. The fourth-order valence-corrected chi connectivity index (χ4v) is 2.29. The quantitative estimate of drug-likeness (QED) is 0.585. The van der Waals surface area contributed by atoms with Crippen molar-refractivity contribution < 1.29 is 27.9 Å². The molecule has 0 aliphatic rings. The van der Waals surface area contributed by atoms with E-state index in [4.69, 9.17) is 5.11 Å². The molecule has 1 atom stereocenters. The van der Waals surface area contributed by atoms with E-state index in [9.17, 15) is 18.0 Å². The van der Waals surface area contributed by atoms with Gasteiger partial charge in [0.2, 0.25) is 10.0 Å². The van der Waals surface area contributed by atoms with Crippen LogP contribution in [0.4, 0.5) is 0 Å². The molecule has 0 saturated carbocycles. The molecular formula is C9H17NO6S. The lowest BCUT2D eigenvalue weighted by molar-refractivity contribution is -0.142. The molecule has 0 amide bonds. The molecule has 0 spiro atoms. The normalized spacial score (nSPS) is 13.1. The zero-order valence-corrected chi connectivity index (χ0v) is 10.6. The maximum atomic E-state index is 11.4. The summed E-state index contributed by atoms with van der Waals surface area (Å²) in [5.41, 5.74) is 0. The Morgan fingerprint density at radius 2 is 1.94 bits per heavy atom. The van der Waals surface area contributed by atoms with Gasteiger partial charge in [-0.25, -0.2) is 13.1 Å². The van der Waals surface area contributed by atoms with Gasteiger partial charge in [-0.2, -0.15) is 0 Å². The molecule has 0 aliphatic heterocycles. The summed E-state index contributed by atoms with van der Waals surface area (Å²) in [4.78, 5) is 21.6. The van der Waals surface area contributed by atoms with E-state index in [0.717, 1.165) is 0 Å². The molecule has 0 radical (unpaired) electrons. The molecule has 0 heterocycles. The molecule has 0 aromatic rings. The summed E-state index contributed by atoms with van der Waals surface area (Å²) >= 11 is 0. The smallest absolute Gasteiger partial charge is 0.321 e. The second-order valence-corrected chi connectivity index (χ2v) is 5.16. The third-order valence-electron chi connectivity index (χ3n) is 1.91. The maximum absolute atomic E-state index is 11.4. The largest absolute Gasteiger partial charge is 0.480 e. The monoisotopic (exact) mass is 267 g/mol. The van der Waals surface area contributed by atoms with Crippen molar-refractivity contribution in [2.45, 2.75) is 32.7 Å². The van der Waals surface area contributed by atoms with Crippen LogP contribution >= 0.6 is 0 Å². The Bertz CT molecular complexity index is 364. The van der Waals surface area contributed by atoms with Gasteiger partial charge in [-0.05, 0) is 13.3 Å². The summed E-state index contributed by atoms with van der Waals surface area (Å²) in [5.74, 6) is -2.34. The number of hydrogen-bond acceptors (Lipinski definition) is 5. The number of carboxylic acid groups (broad SMARTS) is 1. The van der Waals surface area contributed by atoms with E-state index in [0.29, 0.717) is 0 Å². The Labute approximate surface area is 100 Å². The van der Waals surface area contributed by atoms with Crippen LogP contribution < -0.4 is 4.72 Å². The molecule has 0 saturated heterocycles. The summed E-state index contributed by atoms with van der Waals surface area (Å²) in [6.07, 6.45) is -0.160. The van der Waals surface area contributed by atoms with Gasteiger partial charge in [-0.1, -0.05) is 6.92 Å². The Kier molecular flexibility index (Phi) is 6.74. The standard InChI is InChI=1S/C9H17NO6S/c1-3-7(9(12)13)10-17(14,15)6-5-8(11)16-4-2/h7,10H,3-6H2,1-2H3,(H,12,13). The van der Waals surface area contributed by atoms with Crippen LogP contribution in [0.15, 0.2) is 0 Å². The molecule has 0 aromatic heterocycles. The fraction of sp³-hybridized carbons (Fsp3) is 0.778. The molecule has 7 nitrogen and oxygen atoms in total. The van der Waals surface area contributed by atoms with Crippen molar-refractivity contribution in [3.63, 3.8) is 0 Å². The Morgan fingerprint density at radius 3 is 2.35 bits per heavy atom. The highest BCUT2D eigenvalue weighted by Gasteiger charge is 2.22. The predicted molar refractivity (Wildman–Crippen MR) is 59.9 cm³/mol.